The van der Waals surface area contributed by atoms with Crippen molar-refractivity contribution in [1.82, 2.24) is 0 Å². The van der Waals surface area contributed by atoms with E-state index < -0.39 is 9.84 Å². The van der Waals surface area contributed by atoms with E-state index in [9.17, 15) is 8.42 Å². The molecule has 3 nitrogen and oxygen atoms in total. The van der Waals surface area contributed by atoms with E-state index in [0.29, 0.717) is 0 Å². The predicted octanol–water partition coefficient (Wildman–Crippen LogP) is 2.29. The molecule has 0 N–H and O–H groups in total. The molecule has 1 aromatic carbocycles. The van der Waals surface area contributed by atoms with Crippen LogP contribution >= 0.6 is 11.6 Å². The molecule has 1 rings (SSSR count). The molecule has 0 aliphatic carbocycles. The van der Waals surface area contributed by atoms with Crippen molar-refractivity contribution in [2.45, 2.75) is 4.90 Å². The molecule has 0 unspecified atom stereocenters. The minimum Gasteiger partial charge on any atom is -0.237 e. The van der Waals surface area contributed by atoms with Crippen molar-refractivity contribution in [3.8, 4) is 0 Å². The van der Waals surface area contributed by atoms with E-state index in [4.69, 9.17) is 18.2 Å². The van der Waals surface area contributed by atoms with E-state index >= 15 is 0 Å². The topological polar surface area (TPSA) is 38.5 Å². The second kappa shape index (κ2) is 3.36. The highest BCUT2D eigenvalue weighted by Crippen LogP contribution is 2.27. The summed E-state index contributed by atoms with van der Waals surface area (Å²) in [5.41, 5.74) is 0.258. The molecular formula is C8H6ClNO2S. The number of rotatable bonds is 1. The number of halogens is 1. The van der Waals surface area contributed by atoms with Gasteiger partial charge in [0.2, 0.25) is 5.69 Å². The number of sulfone groups is 1. The Kier molecular flexibility index (Phi) is 2.60. The molecule has 0 amide bonds. The van der Waals surface area contributed by atoms with Gasteiger partial charge in [-0.25, -0.2) is 13.3 Å². The maximum absolute atomic E-state index is 11.0. The van der Waals surface area contributed by atoms with Crippen molar-refractivity contribution in [2.24, 2.45) is 0 Å². The summed E-state index contributed by atoms with van der Waals surface area (Å²) >= 11 is 5.66. The Hall–Kier alpha value is -1.05. The fourth-order valence-electron chi connectivity index (χ4n) is 0.809. The van der Waals surface area contributed by atoms with Gasteiger partial charge in [0, 0.05) is 11.3 Å². The summed E-state index contributed by atoms with van der Waals surface area (Å²) in [5.74, 6) is 0. The summed E-state index contributed by atoms with van der Waals surface area (Å²) in [6.45, 7) is 6.70. The van der Waals surface area contributed by atoms with Gasteiger partial charge in [-0.2, -0.15) is 0 Å². The van der Waals surface area contributed by atoms with Crippen LogP contribution in [0.4, 0.5) is 5.69 Å². The largest absolute Gasteiger partial charge is 0.237 e. The first-order valence-corrected chi connectivity index (χ1v) is 5.59. The molecule has 0 radical (unpaired) electrons. The van der Waals surface area contributed by atoms with Crippen LogP contribution in [-0.4, -0.2) is 14.7 Å². The standard InChI is InChI=1S/C8H6ClNO2S/c1-10-8-4-3-6(5-7(8)9)13(2,11)12/h3-5H,2H3. The molecule has 5 heteroatoms. The van der Waals surface area contributed by atoms with Gasteiger partial charge in [0.25, 0.3) is 0 Å². The molecule has 0 atom stereocenters. The minimum absolute atomic E-state index is 0.130. The van der Waals surface area contributed by atoms with Gasteiger partial charge in [-0.1, -0.05) is 23.7 Å². The first-order chi connectivity index (χ1) is 5.95. The lowest BCUT2D eigenvalue weighted by Gasteiger charge is -1.99. The van der Waals surface area contributed by atoms with Crippen molar-refractivity contribution in [3.63, 3.8) is 0 Å². The lowest BCUT2D eigenvalue weighted by Crippen LogP contribution is -1.95. The summed E-state index contributed by atoms with van der Waals surface area (Å²) in [5, 5.41) is 0.165. The zero-order valence-electron chi connectivity index (χ0n) is 6.78. The van der Waals surface area contributed by atoms with Crippen LogP contribution < -0.4 is 0 Å². The van der Waals surface area contributed by atoms with Gasteiger partial charge < -0.3 is 0 Å². The fourth-order valence-corrected chi connectivity index (χ4v) is 1.74. The van der Waals surface area contributed by atoms with E-state index in [1.54, 1.807) is 0 Å². The van der Waals surface area contributed by atoms with Crippen LogP contribution in [0.2, 0.25) is 5.02 Å². The third-order valence-corrected chi connectivity index (χ3v) is 2.88. The van der Waals surface area contributed by atoms with Gasteiger partial charge in [-0.15, -0.1) is 0 Å². The van der Waals surface area contributed by atoms with Gasteiger partial charge in [0.1, 0.15) is 0 Å². The normalized spacial score (nSPS) is 10.8. The van der Waals surface area contributed by atoms with E-state index in [0.717, 1.165) is 6.26 Å². The van der Waals surface area contributed by atoms with Crippen LogP contribution in [0.15, 0.2) is 23.1 Å². The summed E-state index contributed by atoms with van der Waals surface area (Å²) in [6.07, 6.45) is 1.09. The van der Waals surface area contributed by atoms with Gasteiger partial charge in [0.05, 0.1) is 11.5 Å². The molecular weight excluding hydrogens is 210 g/mol. The van der Waals surface area contributed by atoms with Gasteiger partial charge in [0.15, 0.2) is 9.84 Å². The van der Waals surface area contributed by atoms with Crippen molar-refractivity contribution in [1.29, 1.82) is 0 Å². The minimum atomic E-state index is -3.24. The van der Waals surface area contributed by atoms with Gasteiger partial charge in [-0.3, -0.25) is 0 Å². The number of hydrogen-bond donors (Lipinski definition) is 0. The van der Waals surface area contributed by atoms with Crippen LogP contribution in [0.1, 0.15) is 0 Å². The molecule has 0 fully saturated rings. The van der Waals surface area contributed by atoms with E-state index in [2.05, 4.69) is 4.85 Å². The third kappa shape index (κ3) is 2.20. The zero-order chi connectivity index (χ0) is 10.1. The lowest BCUT2D eigenvalue weighted by atomic mass is 10.3. The number of hydrogen-bond acceptors (Lipinski definition) is 2. The summed E-state index contributed by atoms with van der Waals surface area (Å²) in [6, 6.07) is 4.05. The fraction of sp³-hybridized carbons (Fsp3) is 0.125. The quantitative estimate of drug-likeness (QED) is 0.675. The Morgan fingerprint density at radius 3 is 2.46 bits per heavy atom. The maximum atomic E-state index is 11.0. The Bertz CT molecular complexity index is 473. The highest BCUT2D eigenvalue weighted by Gasteiger charge is 2.09. The molecule has 0 saturated heterocycles. The first-order valence-electron chi connectivity index (χ1n) is 3.32. The Morgan fingerprint density at radius 1 is 1.46 bits per heavy atom. The number of nitrogens with zero attached hydrogens (tertiary/aromatic N) is 1. The zero-order valence-corrected chi connectivity index (χ0v) is 8.35. The van der Waals surface area contributed by atoms with Crippen LogP contribution in [0.3, 0.4) is 0 Å². The predicted molar refractivity (Wildman–Crippen MR) is 50.8 cm³/mol. The molecule has 1 aromatic rings. The molecule has 0 aromatic heterocycles. The average Bonchev–Trinajstić information content (AvgIpc) is 2.02. The van der Waals surface area contributed by atoms with Crippen LogP contribution in [0.5, 0.6) is 0 Å². The Balaban J connectivity index is 3.36. The van der Waals surface area contributed by atoms with Gasteiger partial charge >= 0.3 is 0 Å². The second-order valence-corrected chi connectivity index (χ2v) is 4.92. The smallest absolute Gasteiger partial charge is 0.205 e. The van der Waals surface area contributed by atoms with Crippen molar-refractivity contribution in [2.75, 3.05) is 6.26 Å². The van der Waals surface area contributed by atoms with Crippen LogP contribution in [-0.2, 0) is 9.84 Å². The molecule has 0 aliphatic heterocycles. The summed E-state index contributed by atoms with van der Waals surface area (Å²) in [7, 11) is -3.24. The van der Waals surface area contributed by atoms with Crippen molar-refractivity contribution in [3.05, 3.63) is 34.6 Å². The summed E-state index contributed by atoms with van der Waals surface area (Å²) in [4.78, 5) is 3.25. The molecule has 13 heavy (non-hydrogen) atoms. The average molecular weight is 216 g/mol. The highest BCUT2D eigenvalue weighted by molar-refractivity contribution is 7.90. The second-order valence-electron chi connectivity index (χ2n) is 2.50. The molecule has 0 spiro atoms. The van der Waals surface area contributed by atoms with Gasteiger partial charge in [-0.05, 0) is 6.07 Å². The first kappa shape index (κ1) is 10.0. The SMILES string of the molecule is [C-]#[N+]c1ccc(S(C)(=O)=O)cc1Cl. The van der Waals surface area contributed by atoms with Crippen LogP contribution in [0, 0.1) is 6.57 Å². The number of benzene rings is 1. The van der Waals surface area contributed by atoms with E-state index in [1.807, 2.05) is 0 Å². The van der Waals surface area contributed by atoms with Crippen molar-refractivity contribution >= 4 is 27.1 Å². The molecule has 0 aliphatic rings. The monoisotopic (exact) mass is 215 g/mol. The Labute approximate surface area is 81.7 Å². The summed E-state index contributed by atoms with van der Waals surface area (Å²) < 4.78 is 22.1. The molecule has 68 valence electrons. The van der Waals surface area contributed by atoms with E-state index in [1.165, 1.54) is 18.2 Å². The maximum Gasteiger partial charge on any atom is 0.205 e. The molecule has 0 saturated carbocycles. The lowest BCUT2D eigenvalue weighted by molar-refractivity contribution is 0.602. The van der Waals surface area contributed by atoms with E-state index in [-0.39, 0.29) is 15.6 Å². The van der Waals surface area contributed by atoms with Crippen molar-refractivity contribution < 1.29 is 8.42 Å². The third-order valence-electron chi connectivity index (χ3n) is 1.47. The Morgan fingerprint density at radius 2 is 2.08 bits per heavy atom. The molecule has 0 heterocycles. The highest BCUT2D eigenvalue weighted by atomic mass is 35.5. The van der Waals surface area contributed by atoms with Crippen LogP contribution in [0.25, 0.3) is 4.85 Å². The molecule has 0 bridgehead atoms.